The van der Waals surface area contributed by atoms with Gasteiger partial charge in [0.05, 0.1) is 5.52 Å². The van der Waals surface area contributed by atoms with Gasteiger partial charge in [0.15, 0.2) is 5.58 Å². The Morgan fingerprint density at radius 3 is 2.40 bits per heavy atom. The largest absolute Gasteiger partial charge is 0.417 e. The normalized spacial score (nSPS) is 10.6. The molecular formula is C18H17N3O4. The first-order valence-electron chi connectivity index (χ1n) is 7.79. The van der Waals surface area contributed by atoms with Crippen LogP contribution in [0, 0.1) is 0 Å². The monoisotopic (exact) mass is 339 g/mol. The van der Waals surface area contributed by atoms with E-state index in [4.69, 9.17) is 4.42 Å². The highest BCUT2D eigenvalue weighted by Crippen LogP contribution is 2.16. The number of amides is 2. The molecule has 3 aromatic rings. The smallest absolute Gasteiger partial charge is 0.408 e. The number of rotatable bonds is 5. The summed E-state index contributed by atoms with van der Waals surface area (Å²) < 4.78 is 4.94. The number of aryl methyl sites for hydroxylation is 1. The van der Waals surface area contributed by atoms with E-state index in [-0.39, 0.29) is 11.8 Å². The maximum atomic E-state index is 12.1. The van der Waals surface area contributed by atoms with Gasteiger partial charge in [0.25, 0.3) is 0 Å². The van der Waals surface area contributed by atoms with E-state index in [2.05, 4.69) is 15.6 Å². The van der Waals surface area contributed by atoms with Crippen LogP contribution in [-0.4, -0.2) is 16.8 Å². The SMILES string of the molecule is CC(=O)Nc1ccc(NC(=O)CCc2ccc3oc(=O)[nH]c3c2)cc1. The summed E-state index contributed by atoms with van der Waals surface area (Å²) in [6.07, 6.45) is 0.847. The Kier molecular flexibility index (Phi) is 4.65. The second-order valence-corrected chi connectivity index (χ2v) is 5.65. The van der Waals surface area contributed by atoms with Gasteiger partial charge in [-0.2, -0.15) is 0 Å². The molecule has 0 unspecified atom stereocenters. The molecule has 1 aromatic heterocycles. The van der Waals surface area contributed by atoms with Gasteiger partial charge in [-0.1, -0.05) is 6.07 Å². The average molecular weight is 339 g/mol. The summed E-state index contributed by atoms with van der Waals surface area (Å²) >= 11 is 0. The Morgan fingerprint density at radius 2 is 1.72 bits per heavy atom. The van der Waals surface area contributed by atoms with E-state index in [9.17, 15) is 14.4 Å². The van der Waals surface area contributed by atoms with Crippen molar-refractivity contribution in [2.45, 2.75) is 19.8 Å². The molecule has 0 radical (unpaired) electrons. The number of carbonyl (C=O) groups is 2. The summed E-state index contributed by atoms with van der Waals surface area (Å²) in [6.45, 7) is 1.44. The van der Waals surface area contributed by atoms with Gasteiger partial charge in [0, 0.05) is 24.7 Å². The molecular weight excluding hydrogens is 322 g/mol. The number of hydrogen-bond acceptors (Lipinski definition) is 4. The lowest BCUT2D eigenvalue weighted by Crippen LogP contribution is -2.12. The minimum Gasteiger partial charge on any atom is -0.408 e. The molecule has 0 bridgehead atoms. The average Bonchev–Trinajstić information content (AvgIpc) is 2.93. The lowest BCUT2D eigenvalue weighted by molar-refractivity contribution is -0.116. The number of carbonyl (C=O) groups excluding carboxylic acids is 2. The molecule has 25 heavy (non-hydrogen) atoms. The van der Waals surface area contributed by atoms with Gasteiger partial charge in [-0.25, -0.2) is 4.79 Å². The molecule has 128 valence electrons. The maximum Gasteiger partial charge on any atom is 0.417 e. The minimum atomic E-state index is -0.493. The van der Waals surface area contributed by atoms with E-state index >= 15 is 0 Å². The van der Waals surface area contributed by atoms with Crippen LogP contribution < -0.4 is 16.4 Å². The number of anilines is 2. The lowest BCUT2D eigenvalue weighted by atomic mass is 10.1. The van der Waals surface area contributed by atoms with Crippen molar-refractivity contribution in [3.63, 3.8) is 0 Å². The Balaban J connectivity index is 1.56. The second kappa shape index (κ2) is 7.04. The number of aromatic amines is 1. The molecule has 0 fully saturated rings. The number of oxazole rings is 1. The molecule has 2 amide bonds. The van der Waals surface area contributed by atoms with Gasteiger partial charge >= 0.3 is 5.76 Å². The highest BCUT2D eigenvalue weighted by molar-refractivity contribution is 5.92. The molecule has 2 aromatic carbocycles. The molecule has 0 aliphatic heterocycles. The van der Waals surface area contributed by atoms with Crippen LogP contribution in [0.1, 0.15) is 18.9 Å². The van der Waals surface area contributed by atoms with Crippen LogP contribution in [0.25, 0.3) is 11.1 Å². The van der Waals surface area contributed by atoms with Gasteiger partial charge in [-0.05, 0) is 48.4 Å². The van der Waals surface area contributed by atoms with E-state index in [1.807, 2.05) is 6.07 Å². The van der Waals surface area contributed by atoms with Gasteiger partial charge in [-0.15, -0.1) is 0 Å². The topological polar surface area (TPSA) is 104 Å². The zero-order valence-electron chi connectivity index (χ0n) is 13.6. The molecule has 7 heteroatoms. The van der Waals surface area contributed by atoms with Crippen LogP contribution in [-0.2, 0) is 16.0 Å². The Morgan fingerprint density at radius 1 is 1.04 bits per heavy atom. The molecule has 0 aliphatic rings. The standard InChI is InChI=1S/C18H17N3O4/c1-11(22)19-13-4-6-14(7-5-13)20-17(23)9-3-12-2-8-16-15(10-12)21-18(24)25-16/h2,4-8,10H,3,9H2,1H3,(H,19,22)(H,20,23)(H,21,24). The molecule has 1 heterocycles. The summed E-state index contributed by atoms with van der Waals surface area (Å²) in [4.78, 5) is 36.8. The maximum absolute atomic E-state index is 12.1. The molecule has 0 spiro atoms. The number of fused-ring (bicyclic) bond motifs is 1. The molecule has 7 nitrogen and oxygen atoms in total. The van der Waals surface area contributed by atoms with Gasteiger partial charge in [-0.3, -0.25) is 14.6 Å². The predicted molar refractivity (Wildman–Crippen MR) is 94.5 cm³/mol. The van der Waals surface area contributed by atoms with Crippen molar-refractivity contribution in [3.8, 4) is 0 Å². The number of hydrogen-bond donors (Lipinski definition) is 3. The first-order chi connectivity index (χ1) is 12.0. The molecule has 0 aliphatic carbocycles. The Hall–Kier alpha value is -3.35. The Labute approximate surface area is 143 Å². The summed E-state index contributed by atoms with van der Waals surface area (Å²) in [6, 6.07) is 12.2. The summed E-state index contributed by atoms with van der Waals surface area (Å²) in [5.74, 6) is -0.756. The molecule has 0 saturated heterocycles. The van der Waals surface area contributed by atoms with E-state index < -0.39 is 5.76 Å². The summed E-state index contributed by atoms with van der Waals surface area (Å²) in [7, 11) is 0. The van der Waals surface area contributed by atoms with E-state index in [0.717, 1.165) is 5.56 Å². The molecule has 3 rings (SSSR count). The first kappa shape index (κ1) is 16.5. The third kappa shape index (κ3) is 4.35. The van der Waals surface area contributed by atoms with Crippen LogP contribution in [0.2, 0.25) is 0 Å². The van der Waals surface area contributed by atoms with Crippen LogP contribution in [0.15, 0.2) is 51.7 Å². The highest BCUT2D eigenvalue weighted by atomic mass is 16.4. The first-order valence-corrected chi connectivity index (χ1v) is 7.79. The Bertz CT molecular complexity index is 970. The summed E-state index contributed by atoms with van der Waals surface area (Å²) in [5.41, 5.74) is 3.39. The fourth-order valence-corrected chi connectivity index (χ4v) is 2.48. The van der Waals surface area contributed by atoms with Crippen LogP contribution >= 0.6 is 0 Å². The quantitative estimate of drug-likeness (QED) is 0.664. The van der Waals surface area contributed by atoms with Gasteiger partial charge in [0.1, 0.15) is 0 Å². The number of nitrogens with one attached hydrogen (secondary N) is 3. The van der Waals surface area contributed by atoms with E-state index in [1.54, 1.807) is 36.4 Å². The molecule has 0 saturated carbocycles. The summed E-state index contributed by atoms with van der Waals surface area (Å²) in [5, 5.41) is 5.47. The second-order valence-electron chi connectivity index (χ2n) is 5.65. The highest BCUT2D eigenvalue weighted by Gasteiger charge is 2.06. The fraction of sp³-hybridized carbons (Fsp3) is 0.167. The van der Waals surface area contributed by atoms with Crippen molar-refractivity contribution >= 4 is 34.3 Å². The van der Waals surface area contributed by atoms with Crippen LogP contribution in [0.5, 0.6) is 0 Å². The van der Waals surface area contributed by atoms with Crippen LogP contribution in [0.4, 0.5) is 11.4 Å². The molecule has 0 atom stereocenters. The lowest BCUT2D eigenvalue weighted by Gasteiger charge is -2.07. The predicted octanol–water partition coefficient (Wildman–Crippen LogP) is 2.65. The van der Waals surface area contributed by atoms with E-state index in [0.29, 0.717) is 35.3 Å². The number of benzene rings is 2. The molecule has 3 N–H and O–H groups in total. The van der Waals surface area contributed by atoms with Crippen molar-refractivity contribution in [1.82, 2.24) is 4.98 Å². The van der Waals surface area contributed by atoms with Crippen LogP contribution in [0.3, 0.4) is 0 Å². The third-order valence-electron chi connectivity index (χ3n) is 3.61. The van der Waals surface area contributed by atoms with E-state index in [1.165, 1.54) is 6.92 Å². The number of aromatic nitrogens is 1. The van der Waals surface area contributed by atoms with Gasteiger partial charge in [0.2, 0.25) is 11.8 Å². The van der Waals surface area contributed by atoms with Crippen molar-refractivity contribution in [1.29, 1.82) is 0 Å². The number of H-pyrrole nitrogens is 1. The van der Waals surface area contributed by atoms with Crippen molar-refractivity contribution in [2.24, 2.45) is 0 Å². The zero-order chi connectivity index (χ0) is 17.8. The zero-order valence-corrected chi connectivity index (χ0v) is 13.6. The fourth-order valence-electron chi connectivity index (χ4n) is 2.48. The van der Waals surface area contributed by atoms with Crippen molar-refractivity contribution in [3.05, 3.63) is 58.6 Å². The van der Waals surface area contributed by atoms with Crippen molar-refractivity contribution < 1.29 is 14.0 Å². The third-order valence-corrected chi connectivity index (χ3v) is 3.61. The van der Waals surface area contributed by atoms with Gasteiger partial charge < -0.3 is 15.1 Å². The minimum absolute atomic E-state index is 0.118. The van der Waals surface area contributed by atoms with Crippen molar-refractivity contribution in [2.75, 3.05) is 10.6 Å².